The SMILES string of the molecule is CNCCC1CCN(CCN2C(=O)NC(C)(C)C2=O)CC1.Cl. The van der Waals surface area contributed by atoms with E-state index in [0.29, 0.717) is 6.54 Å². The summed E-state index contributed by atoms with van der Waals surface area (Å²) in [5.41, 5.74) is -0.753. The van der Waals surface area contributed by atoms with E-state index in [1.807, 2.05) is 7.05 Å². The molecular weight excluding hydrogens is 304 g/mol. The van der Waals surface area contributed by atoms with E-state index in [-0.39, 0.29) is 24.3 Å². The van der Waals surface area contributed by atoms with Crippen LogP contribution >= 0.6 is 12.4 Å². The highest BCUT2D eigenvalue weighted by Crippen LogP contribution is 2.21. The number of nitrogens with zero attached hydrogens (tertiary/aromatic N) is 2. The van der Waals surface area contributed by atoms with E-state index in [1.54, 1.807) is 13.8 Å². The lowest BCUT2D eigenvalue weighted by molar-refractivity contribution is -0.130. The number of nitrogens with one attached hydrogen (secondary N) is 2. The minimum Gasteiger partial charge on any atom is -0.324 e. The van der Waals surface area contributed by atoms with Gasteiger partial charge in [-0.2, -0.15) is 0 Å². The molecule has 2 aliphatic heterocycles. The van der Waals surface area contributed by atoms with Crippen molar-refractivity contribution in [3.63, 3.8) is 0 Å². The topological polar surface area (TPSA) is 64.7 Å². The van der Waals surface area contributed by atoms with Crippen LogP contribution in [0.3, 0.4) is 0 Å². The van der Waals surface area contributed by atoms with E-state index < -0.39 is 5.54 Å². The molecule has 0 spiro atoms. The number of halogens is 1. The molecule has 2 fully saturated rings. The monoisotopic (exact) mass is 332 g/mol. The highest BCUT2D eigenvalue weighted by Gasteiger charge is 2.43. The summed E-state index contributed by atoms with van der Waals surface area (Å²) < 4.78 is 0. The van der Waals surface area contributed by atoms with Crippen LogP contribution in [-0.2, 0) is 4.79 Å². The number of rotatable bonds is 6. The molecule has 22 heavy (non-hydrogen) atoms. The Bertz CT molecular complexity index is 395. The third-order valence-electron chi connectivity index (χ3n) is 4.59. The Morgan fingerprint density at radius 1 is 1.23 bits per heavy atom. The van der Waals surface area contributed by atoms with Gasteiger partial charge in [-0.15, -0.1) is 12.4 Å². The zero-order valence-electron chi connectivity index (χ0n) is 13.9. The average Bonchev–Trinajstić information content (AvgIpc) is 2.64. The summed E-state index contributed by atoms with van der Waals surface area (Å²) in [4.78, 5) is 27.6. The molecular formula is C15H29ClN4O2. The predicted octanol–water partition coefficient (Wildman–Crippen LogP) is 1.06. The van der Waals surface area contributed by atoms with Gasteiger partial charge in [-0.05, 0) is 65.7 Å². The fourth-order valence-electron chi connectivity index (χ4n) is 3.11. The number of likely N-dealkylation sites (tertiary alicyclic amines) is 1. The van der Waals surface area contributed by atoms with E-state index in [1.165, 1.54) is 24.2 Å². The van der Waals surface area contributed by atoms with Crippen molar-refractivity contribution in [3.05, 3.63) is 0 Å². The van der Waals surface area contributed by atoms with Gasteiger partial charge in [-0.25, -0.2) is 4.79 Å². The van der Waals surface area contributed by atoms with Crippen LogP contribution in [0.5, 0.6) is 0 Å². The van der Waals surface area contributed by atoms with Crippen molar-refractivity contribution in [1.29, 1.82) is 0 Å². The third kappa shape index (κ3) is 4.57. The van der Waals surface area contributed by atoms with Gasteiger partial charge in [0.2, 0.25) is 0 Å². The number of imide groups is 1. The quantitative estimate of drug-likeness (QED) is 0.714. The van der Waals surface area contributed by atoms with Crippen LogP contribution in [0, 0.1) is 5.92 Å². The summed E-state index contributed by atoms with van der Waals surface area (Å²) in [6.45, 7) is 8.01. The molecule has 7 heteroatoms. The van der Waals surface area contributed by atoms with Crippen LogP contribution < -0.4 is 10.6 Å². The molecule has 2 aliphatic rings. The number of piperidine rings is 1. The summed E-state index contributed by atoms with van der Waals surface area (Å²) >= 11 is 0. The number of hydrogen-bond acceptors (Lipinski definition) is 4. The summed E-state index contributed by atoms with van der Waals surface area (Å²) in [7, 11) is 1.99. The van der Waals surface area contributed by atoms with E-state index in [0.717, 1.165) is 32.1 Å². The van der Waals surface area contributed by atoms with Gasteiger partial charge in [0.1, 0.15) is 5.54 Å². The minimum atomic E-state index is -0.753. The lowest BCUT2D eigenvalue weighted by Gasteiger charge is -2.32. The van der Waals surface area contributed by atoms with Crippen LogP contribution in [0.25, 0.3) is 0 Å². The van der Waals surface area contributed by atoms with E-state index in [2.05, 4.69) is 15.5 Å². The molecule has 0 aromatic heterocycles. The Balaban J connectivity index is 0.00000242. The van der Waals surface area contributed by atoms with Crippen molar-refractivity contribution in [1.82, 2.24) is 20.4 Å². The third-order valence-corrected chi connectivity index (χ3v) is 4.59. The maximum absolute atomic E-state index is 12.1. The molecule has 0 bridgehead atoms. The van der Waals surface area contributed by atoms with Crippen molar-refractivity contribution in [2.75, 3.05) is 39.8 Å². The van der Waals surface area contributed by atoms with Crippen molar-refractivity contribution < 1.29 is 9.59 Å². The van der Waals surface area contributed by atoms with Crippen LogP contribution in [0.15, 0.2) is 0 Å². The summed E-state index contributed by atoms with van der Waals surface area (Å²) in [5.74, 6) is 0.695. The smallest absolute Gasteiger partial charge is 0.324 e. The molecule has 0 saturated carbocycles. The molecule has 0 aromatic carbocycles. The summed E-state index contributed by atoms with van der Waals surface area (Å²) in [5, 5.41) is 5.93. The molecule has 3 amide bonds. The van der Waals surface area contributed by atoms with Gasteiger partial charge in [0, 0.05) is 13.1 Å². The first-order valence-corrected chi connectivity index (χ1v) is 7.95. The molecule has 2 heterocycles. The Morgan fingerprint density at radius 3 is 2.36 bits per heavy atom. The van der Waals surface area contributed by atoms with E-state index in [9.17, 15) is 9.59 Å². The number of carbonyl (C=O) groups is 2. The second kappa shape index (κ2) is 8.13. The van der Waals surface area contributed by atoms with Crippen LogP contribution in [0.4, 0.5) is 4.79 Å². The lowest BCUT2D eigenvalue weighted by Crippen LogP contribution is -2.43. The van der Waals surface area contributed by atoms with E-state index in [4.69, 9.17) is 0 Å². The zero-order chi connectivity index (χ0) is 15.5. The Morgan fingerprint density at radius 2 is 1.86 bits per heavy atom. The maximum atomic E-state index is 12.1. The second-order valence-electron chi connectivity index (χ2n) is 6.69. The molecule has 2 N–H and O–H groups in total. The Hall–Kier alpha value is -0.850. The molecule has 128 valence electrons. The first kappa shape index (κ1) is 19.2. The largest absolute Gasteiger partial charge is 0.325 e. The Kier molecular flexibility index (Phi) is 7.09. The minimum absolute atomic E-state index is 0. The fraction of sp³-hybridized carbons (Fsp3) is 0.867. The molecule has 0 radical (unpaired) electrons. The molecule has 0 aliphatic carbocycles. The van der Waals surface area contributed by atoms with Gasteiger partial charge in [-0.1, -0.05) is 0 Å². The molecule has 0 aromatic rings. The molecule has 6 nitrogen and oxygen atoms in total. The second-order valence-corrected chi connectivity index (χ2v) is 6.69. The normalized spacial score (nSPS) is 22.6. The van der Waals surface area contributed by atoms with Gasteiger partial charge in [0.15, 0.2) is 0 Å². The van der Waals surface area contributed by atoms with Gasteiger partial charge < -0.3 is 15.5 Å². The Labute approximate surface area is 139 Å². The van der Waals surface area contributed by atoms with Gasteiger partial charge >= 0.3 is 6.03 Å². The van der Waals surface area contributed by atoms with Gasteiger partial charge in [-0.3, -0.25) is 9.69 Å². The predicted molar refractivity (Wildman–Crippen MR) is 89.3 cm³/mol. The van der Waals surface area contributed by atoms with Crippen molar-refractivity contribution in [2.24, 2.45) is 5.92 Å². The number of amides is 3. The number of carbonyl (C=O) groups excluding carboxylic acids is 2. The van der Waals surface area contributed by atoms with Gasteiger partial charge in [0.05, 0.1) is 0 Å². The van der Waals surface area contributed by atoms with Gasteiger partial charge in [0.25, 0.3) is 5.91 Å². The first-order valence-electron chi connectivity index (χ1n) is 7.95. The highest BCUT2D eigenvalue weighted by molar-refractivity contribution is 6.06. The maximum Gasteiger partial charge on any atom is 0.325 e. The molecule has 0 unspecified atom stereocenters. The first-order chi connectivity index (χ1) is 9.94. The lowest BCUT2D eigenvalue weighted by atomic mass is 9.93. The molecule has 0 atom stereocenters. The summed E-state index contributed by atoms with van der Waals surface area (Å²) in [6.07, 6.45) is 3.67. The number of hydrogen-bond donors (Lipinski definition) is 2. The summed E-state index contributed by atoms with van der Waals surface area (Å²) in [6, 6.07) is -0.256. The van der Waals surface area contributed by atoms with Crippen molar-refractivity contribution in [3.8, 4) is 0 Å². The molecule has 2 saturated heterocycles. The van der Waals surface area contributed by atoms with Crippen LogP contribution in [-0.4, -0.2) is 67.0 Å². The molecule has 2 rings (SSSR count). The van der Waals surface area contributed by atoms with E-state index >= 15 is 0 Å². The van der Waals surface area contributed by atoms with Crippen LogP contribution in [0.1, 0.15) is 33.1 Å². The fourth-order valence-corrected chi connectivity index (χ4v) is 3.11. The zero-order valence-corrected chi connectivity index (χ0v) is 14.7. The highest BCUT2D eigenvalue weighted by atomic mass is 35.5. The standard InChI is InChI=1S/C15H28N4O2.ClH/c1-15(2)13(20)19(14(21)17-15)11-10-18-8-5-12(6-9-18)4-7-16-3;/h12,16H,4-11H2,1-3H3,(H,17,21);1H. The van der Waals surface area contributed by atoms with Crippen LogP contribution in [0.2, 0.25) is 0 Å². The average molecular weight is 333 g/mol. The van der Waals surface area contributed by atoms with Crippen molar-refractivity contribution in [2.45, 2.75) is 38.6 Å². The van der Waals surface area contributed by atoms with Crippen molar-refractivity contribution >= 4 is 24.3 Å². The number of urea groups is 1.